The van der Waals surface area contributed by atoms with E-state index >= 15 is 0 Å². The third-order valence-electron chi connectivity index (χ3n) is 4.95. The highest BCUT2D eigenvalue weighted by Crippen LogP contribution is 2.27. The summed E-state index contributed by atoms with van der Waals surface area (Å²) in [5, 5.41) is 6.66. The van der Waals surface area contributed by atoms with Crippen molar-refractivity contribution < 1.29 is 13.7 Å². The van der Waals surface area contributed by atoms with Gasteiger partial charge in [-0.05, 0) is 57.4 Å². The van der Waals surface area contributed by atoms with Crippen molar-refractivity contribution in [1.29, 1.82) is 0 Å². The van der Waals surface area contributed by atoms with Gasteiger partial charge in [0.1, 0.15) is 23.4 Å². The number of nitrogens with zero attached hydrogens (tertiary/aromatic N) is 4. The van der Waals surface area contributed by atoms with E-state index in [1.165, 1.54) is 12.1 Å². The number of imidazole rings is 1. The number of hydrogen-bond donors (Lipinski definition) is 1. The number of halogens is 1. The number of carbonyl (C=O) groups is 1. The second kappa shape index (κ2) is 7.53. The molecule has 3 heterocycles. The Balaban J connectivity index is 1.68. The average molecular weight is 383 g/mol. The molecule has 7 nitrogen and oxygen atoms in total. The lowest BCUT2D eigenvalue weighted by Gasteiger charge is -2.10. The van der Waals surface area contributed by atoms with E-state index in [1.54, 1.807) is 26.0 Å². The van der Waals surface area contributed by atoms with Crippen molar-refractivity contribution in [3.05, 3.63) is 53.2 Å². The Kier molecular flexibility index (Phi) is 4.93. The first kappa shape index (κ1) is 18.3. The van der Waals surface area contributed by atoms with Crippen LogP contribution in [-0.2, 0) is 13.0 Å². The van der Waals surface area contributed by atoms with Crippen LogP contribution in [0.2, 0.25) is 0 Å². The van der Waals surface area contributed by atoms with Gasteiger partial charge in [-0.15, -0.1) is 0 Å². The number of carbonyl (C=O) groups excluding carboxylic acids is 1. The predicted molar refractivity (Wildman–Crippen MR) is 100 cm³/mol. The minimum Gasteiger partial charge on any atom is -0.339 e. The number of benzene rings is 1. The molecule has 8 heteroatoms. The zero-order chi connectivity index (χ0) is 19.7. The van der Waals surface area contributed by atoms with Gasteiger partial charge in [-0.2, -0.15) is 4.98 Å². The Morgan fingerprint density at radius 2 is 2.00 bits per heavy atom. The molecule has 1 aliphatic heterocycles. The maximum absolute atomic E-state index is 13.3. The van der Waals surface area contributed by atoms with Crippen LogP contribution in [0.5, 0.6) is 0 Å². The number of aryl methyl sites for hydroxylation is 1. The number of nitrogens with one attached hydrogen (secondary N) is 1. The Labute approximate surface area is 162 Å². The van der Waals surface area contributed by atoms with Crippen molar-refractivity contribution in [1.82, 2.24) is 25.0 Å². The third-order valence-corrected chi connectivity index (χ3v) is 4.95. The summed E-state index contributed by atoms with van der Waals surface area (Å²) in [5.41, 5.74) is 2.12. The van der Waals surface area contributed by atoms with Crippen molar-refractivity contribution >= 4 is 5.91 Å². The van der Waals surface area contributed by atoms with Crippen molar-refractivity contribution in [2.24, 2.45) is 0 Å². The van der Waals surface area contributed by atoms with Gasteiger partial charge in [-0.25, -0.2) is 9.37 Å². The normalized spacial score (nSPS) is 15.0. The number of aromatic nitrogens is 4. The molecule has 1 aliphatic rings. The number of amides is 1. The first-order chi connectivity index (χ1) is 13.5. The molecule has 0 saturated heterocycles. The number of hydrogen-bond acceptors (Lipinski definition) is 5. The fourth-order valence-electron chi connectivity index (χ4n) is 3.54. The zero-order valence-corrected chi connectivity index (χ0v) is 15.9. The van der Waals surface area contributed by atoms with Crippen molar-refractivity contribution in [3.63, 3.8) is 0 Å². The van der Waals surface area contributed by atoms with E-state index in [2.05, 4.69) is 25.0 Å². The molecular formula is C20H22FN5O2. The molecular weight excluding hydrogens is 361 g/mol. The van der Waals surface area contributed by atoms with Gasteiger partial charge in [0.25, 0.3) is 5.91 Å². The van der Waals surface area contributed by atoms with Crippen LogP contribution in [0.25, 0.3) is 11.4 Å². The summed E-state index contributed by atoms with van der Waals surface area (Å²) in [6, 6.07) is 5.79. The van der Waals surface area contributed by atoms with Gasteiger partial charge in [0.05, 0.1) is 5.69 Å². The Morgan fingerprint density at radius 1 is 1.21 bits per heavy atom. The highest BCUT2D eigenvalue weighted by molar-refractivity contribution is 5.94. The summed E-state index contributed by atoms with van der Waals surface area (Å²) >= 11 is 0. The van der Waals surface area contributed by atoms with Gasteiger partial charge in [0, 0.05) is 12.1 Å². The lowest BCUT2D eigenvalue weighted by Crippen LogP contribution is -2.28. The van der Waals surface area contributed by atoms with Gasteiger partial charge in [-0.1, -0.05) is 11.6 Å². The molecule has 0 spiro atoms. The Hall–Kier alpha value is -3.03. The molecule has 1 atom stereocenters. The second-order valence-corrected chi connectivity index (χ2v) is 7.07. The second-order valence-electron chi connectivity index (χ2n) is 7.07. The maximum Gasteiger partial charge on any atom is 0.272 e. The SMILES string of the molecule is Cc1noc([C@@H](C)NC(=O)c2nc(-c3ccc(F)cc3)n3c2CCCCC3)n1. The number of fused-ring (bicyclic) bond motifs is 1. The Morgan fingerprint density at radius 3 is 2.71 bits per heavy atom. The highest BCUT2D eigenvalue weighted by atomic mass is 19.1. The number of rotatable bonds is 4. The van der Waals surface area contributed by atoms with Crippen molar-refractivity contribution in [2.75, 3.05) is 0 Å². The van der Waals surface area contributed by atoms with Crippen LogP contribution in [0.15, 0.2) is 28.8 Å². The molecule has 0 unspecified atom stereocenters. The first-order valence-electron chi connectivity index (χ1n) is 9.49. The predicted octanol–water partition coefficient (Wildman–Crippen LogP) is 3.60. The average Bonchev–Trinajstić information content (AvgIpc) is 3.18. The summed E-state index contributed by atoms with van der Waals surface area (Å²) in [4.78, 5) is 21.8. The molecule has 0 radical (unpaired) electrons. The summed E-state index contributed by atoms with van der Waals surface area (Å²) in [6.45, 7) is 4.31. The monoisotopic (exact) mass is 383 g/mol. The molecule has 1 aromatic carbocycles. The minimum absolute atomic E-state index is 0.276. The van der Waals surface area contributed by atoms with E-state index in [9.17, 15) is 9.18 Å². The lowest BCUT2D eigenvalue weighted by molar-refractivity contribution is 0.0926. The zero-order valence-electron chi connectivity index (χ0n) is 15.9. The van der Waals surface area contributed by atoms with E-state index in [0.717, 1.165) is 43.5 Å². The van der Waals surface area contributed by atoms with Crippen molar-refractivity contribution in [3.8, 4) is 11.4 Å². The van der Waals surface area contributed by atoms with Gasteiger partial charge < -0.3 is 14.4 Å². The standard InChI is InChI=1S/C20H22FN5O2/c1-12(20-23-13(2)25-28-20)22-19(27)17-16-6-4-3-5-11-26(16)18(24-17)14-7-9-15(21)10-8-14/h7-10,12H,3-6,11H2,1-2H3,(H,22,27)/t12-/m1/s1. The van der Waals surface area contributed by atoms with Crippen LogP contribution in [0, 0.1) is 12.7 Å². The fourth-order valence-corrected chi connectivity index (χ4v) is 3.54. The molecule has 3 aromatic rings. The van der Waals surface area contributed by atoms with Crippen LogP contribution >= 0.6 is 0 Å². The fraction of sp³-hybridized carbons (Fsp3) is 0.400. The molecule has 0 aliphatic carbocycles. The third kappa shape index (κ3) is 3.54. The molecule has 1 N–H and O–H groups in total. The smallest absolute Gasteiger partial charge is 0.272 e. The summed E-state index contributed by atoms with van der Waals surface area (Å²) in [6.07, 6.45) is 3.91. The van der Waals surface area contributed by atoms with Crippen LogP contribution in [0.4, 0.5) is 4.39 Å². The molecule has 0 saturated carbocycles. The summed E-state index contributed by atoms with van der Waals surface area (Å²) in [5.74, 6) is 0.999. The molecule has 146 valence electrons. The van der Waals surface area contributed by atoms with Crippen molar-refractivity contribution in [2.45, 2.75) is 52.1 Å². The highest BCUT2D eigenvalue weighted by Gasteiger charge is 2.26. The lowest BCUT2D eigenvalue weighted by atomic mass is 10.1. The topological polar surface area (TPSA) is 85.8 Å². The molecule has 2 aromatic heterocycles. The molecule has 0 bridgehead atoms. The van der Waals surface area contributed by atoms with Crippen LogP contribution in [0.3, 0.4) is 0 Å². The van der Waals surface area contributed by atoms with Crippen LogP contribution in [-0.4, -0.2) is 25.6 Å². The van der Waals surface area contributed by atoms with Crippen LogP contribution < -0.4 is 5.32 Å². The van der Waals surface area contributed by atoms with Crippen LogP contribution in [0.1, 0.15) is 60.1 Å². The summed E-state index contributed by atoms with van der Waals surface area (Å²) in [7, 11) is 0. The minimum atomic E-state index is -0.425. The Bertz CT molecular complexity index is 993. The van der Waals surface area contributed by atoms with E-state index in [4.69, 9.17) is 4.52 Å². The van der Waals surface area contributed by atoms with E-state index in [0.29, 0.717) is 23.2 Å². The van der Waals surface area contributed by atoms with Gasteiger partial charge >= 0.3 is 0 Å². The molecule has 1 amide bonds. The molecule has 0 fully saturated rings. The van der Waals surface area contributed by atoms with Gasteiger partial charge in [-0.3, -0.25) is 4.79 Å². The first-order valence-corrected chi connectivity index (χ1v) is 9.49. The van der Waals surface area contributed by atoms with Gasteiger partial charge in [0.15, 0.2) is 5.82 Å². The van der Waals surface area contributed by atoms with E-state index < -0.39 is 6.04 Å². The largest absolute Gasteiger partial charge is 0.339 e. The molecule has 28 heavy (non-hydrogen) atoms. The molecule has 4 rings (SSSR count). The quantitative estimate of drug-likeness (QED) is 0.744. The van der Waals surface area contributed by atoms with E-state index in [-0.39, 0.29) is 11.7 Å². The summed E-state index contributed by atoms with van der Waals surface area (Å²) < 4.78 is 20.6. The van der Waals surface area contributed by atoms with E-state index in [1.807, 2.05) is 0 Å². The maximum atomic E-state index is 13.3. The van der Waals surface area contributed by atoms with Gasteiger partial charge in [0.2, 0.25) is 5.89 Å².